The molecular weight excluding hydrogens is 350 g/mol. The molecule has 1 amide bonds. The molecule has 0 aliphatic rings. The van der Waals surface area contributed by atoms with Crippen molar-refractivity contribution in [2.45, 2.75) is 6.54 Å². The second kappa shape index (κ2) is 7.88. The van der Waals surface area contributed by atoms with Crippen molar-refractivity contribution in [2.24, 2.45) is 0 Å². The molecule has 5 nitrogen and oxygen atoms in total. The van der Waals surface area contributed by atoms with Gasteiger partial charge in [0.15, 0.2) is 11.5 Å². The second-order valence-corrected chi connectivity index (χ2v) is 6.54. The monoisotopic (exact) mass is 369 g/mol. The highest BCUT2D eigenvalue weighted by Gasteiger charge is 2.18. The maximum atomic E-state index is 12.7. The first-order valence-corrected chi connectivity index (χ1v) is 8.97. The van der Waals surface area contributed by atoms with Crippen LogP contribution in [0.15, 0.2) is 89.7 Å². The summed E-state index contributed by atoms with van der Waals surface area (Å²) in [6, 6.07) is 23.7. The van der Waals surface area contributed by atoms with Crippen LogP contribution in [0.1, 0.15) is 16.1 Å². The number of carbonyl (C=O) groups is 1. The second-order valence-electron chi connectivity index (χ2n) is 6.54. The molecule has 4 aromatic rings. The van der Waals surface area contributed by atoms with Crippen molar-refractivity contribution < 1.29 is 9.32 Å². The number of pyridine rings is 1. The summed E-state index contributed by atoms with van der Waals surface area (Å²) in [5.74, 6) is 0.336. The Hall–Kier alpha value is -3.73. The topological polar surface area (TPSA) is 59.2 Å². The minimum absolute atomic E-state index is 0.189. The van der Waals surface area contributed by atoms with Crippen LogP contribution < -0.4 is 0 Å². The summed E-state index contributed by atoms with van der Waals surface area (Å²) in [6.45, 7) is 0.489. The fraction of sp³-hybridized carbons (Fsp3) is 0.0870. The molecule has 5 heteroatoms. The van der Waals surface area contributed by atoms with Crippen molar-refractivity contribution in [3.05, 3.63) is 96.4 Å². The summed E-state index contributed by atoms with van der Waals surface area (Å²) in [7, 11) is 1.76. The third kappa shape index (κ3) is 3.83. The molecule has 2 aromatic carbocycles. The van der Waals surface area contributed by atoms with Crippen molar-refractivity contribution in [1.82, 2.24) is 15.0 Å². The van der Waals surface area contributed by atoms with Gasteiger partial charge in [-0.15, -0.1) is 0 Å². The number of benzene rings is 2. The molecule has 0 saturated heterocycles. The predicted molar refractivity (Wildman–Crippen MR) is 107 cm³/mol. The number of carbonyl (C=O) groups excluding carboxylic acids is 1. The molecule has 0 aliphatic heterocycles. The Morgan fingerprint density at radius 1 is 0.929 bits per heavy atom. The molecule has 0 radical (unpaired) electrons. The van der Waals surface area contributed by atoms with E-state index < -0.39 is 0 Å². The van der Waals surface area contributed by atoms with E-state index in [-0.39, 0.29) is 11.6 Å². The van der Waals surface area contributed by atoms with Gasteiger partial charge in [-0.05, 0) is 28.8 Å². The molecule has 2 aromatic heterocycles. The zero-order valence-corrected chi connectivity index (χ0v) is 15.4. The Kier molecular flexibility index (Phi) is 4.97. The van der Waals surface area contributed by atoms with Gasteiger partial charge in [-0.2, -0.15) is 0 Å². The quantitative estimate of drug-likeness (QED) is 0.513. The van der Waals surface area contributed by atoms with Gasteiger partial charge in [0.2, 0.25) is 0 Å². The SMILES string of the molecule is CN(Cc1ccc(-c2ccccc2)cc1)C(=O)c1cc(-c2cccnc2)on1. The number of rotatable bonds is 5. The van der Waals surface area contributed by atoms with E-state index in [0.29, 0.717) is 12.3 Å². The van der Waals surface area contributed by atoms with E-state index in [2.05, 4.69) is 34.4 Å². The van der Waals surface area contributed by atoms with Gasteiger partial charge >= 0.3 is 0 Å². The lowest BCUT2D eigenvalue weighted by Crippen LogP contribution is -2.26. The first-order valence-electron chi connectivity index (χ1n) is 8.97. The van der Waals surface area contributed by atoms with Crippen LogP contribution >= 0.6 is 0 Å². The Bertz CT molecular complexity index is 1060. The highest BCUT2D eigenvalue weighted by Crippen LogP contribution is 2.21. The fourth-order valence-electron chi connectivity index (χ4n) is 2.99. The van der Waals surface area contributed by atoms with E-state index in [1.165, 1.54) is 5.56 Å². The van der Waals surface area contributed by atoms with Gasteiger partial charge in [0, 0.05) is 37.6 Å². The van der Waals surface area contributed by atoms with Crippen LogP contribution in [-0.2, 0) is 6.54 Å². The lowest BCUT2D eigenvalue weighted by Gasteiger charge is -2.16. The number of hydrogen-bond acceptors (Lipinski definition) is 4. The van der Waals surface area contributed by atoms with Crippen LogP contribution in [0.3, 0.4) is 0 Å². The van der Waals surface area contributed by atoms with E-state index in [4.69, 9.17) is 4.52 Å². The largest absolute Gasteiger partial charge is 0.355 e. The van der Waals surface area contributed by atoms with Gasteiger partial charge in [0.1, 0.15) is 0 Å². The molecule has 2 heterocycles. The zero-order valence-electron chi connectivity index (χ0n) is 15.4. The van der Waals surface area contributed by atoms with Gasteiger partial charge < -0.3 is 9.42 Å². The van der Waals surface area contributed by atoms with Crippen LogP contribution in [0.4, 0.5) is 0 Å². The number of aromatic nitrogens is 2. The van der Waals surface area contributed by atoms with Gasteiger partial charge in [-0.25, -0.2) is 0 Å². The van der Waals surface area contributed by atoms with E-state index in [9.17, 15) is 4.79 Å². The van der Waals surface area contributed by atoms with Crippen molar-refractivity contribution in [2.75, 3.05) is 7.05 Å². The Morgan fingerprint density at radius 2 is 1.64 bits per heavy atom. The summed E-state index contributed by atoms with van der Waals surface area (Å²) in [5.41, 5.74) is 4.43. The van der Waals surface area contributed by atoms with Crippen LogP contribution in [0, 0.1) is 0 Å². The van der Waals surface area contributed by atoms with Crippen LogP contribution in [0.2, 0.25) is 0 Å². The fourth-order valence-corrected chi connectivity index (χ4v) is 2.99. The lowest BCUT2D eigenvalue weighted by molar-refractivity contribution is 0.0775. The Balaban J connectivity index is 1.44. The molecule has 0 bridgehead atoms. The summed E-state index contributed by atoms with van der Waals surface area (Å²) in [4.78, 5) is 18.3. The van der Waals surface area contributed by atoms with E-state index >= 15 is 0 Å². The van der Waals surface area contributed by atoms with Crippen LogP contribution in [0.5, 0.6) is 0 Å². The van der Waals surface area contributed by atoms with E-state index in [1.54, 1.807) is 30.4 Å². The third-order valence-electron chi connectivity index (χ3n) is 4.50. The normalized spacial score (nSPS) is 10.6. The standard InChI is InChI=1S/C23H19N3O2/c1-26(16-17-9-11-19(12-10-17)18-6-3-2-4-7-18)23(27)21-14-22(28-25-21)20-8-5-13-24-15-20/h2-15H,16H2,1H3. The summed E-state index contributed by atoms with van der Waals surface area (Å²) >= 11 is 0. The molecule has 138 valence electrons. The molecule has 0 N–H and O–H groups in total. The van der Waals surface area contributed by atoms with Crippen LogP contribution in [0.25, 0.3) is 22.5 Å². The van der Waals surface area contributed by atoms with E-state index in [0.717, 1.165) is 16.7 Å². The average molecular weight is 369 g/mol. The molecule has 28 heavy (non-hydrogen) atoms. The van der Waals surface area contributed by atoms with Gasteiger partial charge in [-0.3, -0.25) is 9.78 Å². The molecule has 0 fully saturated rings. The molecule has 0 spiro atoms. The predicted octanol–water partition coefficient (Wildman–Crippen LogP) is 4.68. The van der Waals surface area contributed by atoms with E-state index in [1.807, 2.05) is 42.5 Å². The first kappa shape index (κ1) is 17.7. The van der Waals surface area contributed by atoms with Crippen molar-refractivity contribution in [3.8, 4) is 22.5 Å². The summed E-state index contributed by atoms with van der Waals surface area (Å²) < 4.78 is 5.30. The number of amides is 1. The van der Waals surface area contributed by atoms with Gasteiger partial charge in [-0.1, -0.05) is 59.8 Å². The molecule has 0 unspecified atom stereocenters. The van der Waals surface area contributed by atoms with Gasteiger partial charge in [0.25, 0.3) is 5.91 Å². The highest BCUT2D eigenvalue weighted by atomic mass is 16.5. The molecule has 0 saturated carbocycles. The smallest absolute Gasteiger partial charge is 0.276 e. The Morgan fingerprint density at radius 3 is 2.36 bits per heavy atom. The van der Waals surface area contributed by atoms with Crippen molar-refractivity contribution >= 4 is 5.91 Å². The van der Waals surface area contributed by atoms with Crippen LogP contribution in [-0.4, -0.2) is 28.0 Å². The Labute approximate surface area is 163 Å². The molecule has 0 aliphatic carbocycles. The average Bonchev–Trinajstić information content (AvgIpc) is 3.25. The van der Waals surface area contributed by atoms with Crippen molar-refractivity contribution in [3.63, 3.8) is 0 Å². The minimum Gasteiger partial charge on any atom is -0.355 e. The van der Waals surface area contributed by atoms with Crippen molar-refractivity contribution in [1.29, 1.82) is 0 Å². The molecule has 0 atom stereocenters. The number of nitrogens with zero attached hydrogens (tertiary/aromatic N) is 3. The number of hydrogen-bond donors (Lipinski definition) is 0. The lowest BCUT2D eigenvalue weighted by atomic mass is 10.0. The molecule has 4 rings (SSSR count). The zero-order chi connectivity index (χ0) is 19.3. The first-order chi connectivity index (χ1) is 13.7. The maximum Gasteiger partial charge on any atom is 0.276 e. The highest BCUT2D eigenvalue weighted by molar-refractivity contribution is 5.92. The molecular formula is C23H19N3O2. The van der Waals surface area contributed by atoms with Gasteiger partial charge in [0.05, 0.1) is 0 Å². The third-order valence-corrected chi connectivity index (χ3v) is 4.50. The minimum atomic E-state index is -0.189. The summed E-state index contributed by atoms with van der Waals surface area (Å²) in [5, 5.41) is 3.91. The maximum absolute atomic E-state index is 12.7. The summed E-state index contributed by atoms with van der Waals surface area (Å²) in [6.07, 6.45) is 3.36.